The van der Waals surface area contributed by atoms with E-state index in [-0.39, 0.29) is 11.7 Å². The predicted molar refractivity (Wildman–Crippen MR) is 90.6 cm³/mol. The van der Waals surface area contributed by atoms with Crippen LogP contribution in [0.1, 0.15) is 17.4 Å². The smallest absolute Gasteiger partial charge is 0.276 e. The molecule has 3 aromatic rings. The number of halogens is 2. The summed E-state index contributed by atoms with van der Waals surface area (Å²) >= 11 is 7.41. The first-order valence-corrected chi connectivity index (χ1v) is 8.16. The van der Waals surface area contributed by atoms with Gasteiger partial charge in [0.2, 0.25) is 0 Å². The summed E-state index contributed by atoms with van der Waals surface area (Å²) in [6, 6.07) is 11.0. The molecule has 0 unspecified atom stereocenters. The SMILES string of the molecule is CCn1nc(C(=O)Nc2ccc(F)cc2)cc1-c1ccc(Cl)s1. The average Bonchev–Trinajstić information content (AvgIpc) is 3.15. The first-order chi connectivity index (χ1) is 11.1. The summed E-state index contributed by atoms with van der Waals surface area (Å²) in [5.41, 5.74) is 1.66. The van der Waals surface area contributed by atoms with Crippen LogP contribution in [-0.4, -0.2) is 15.7 Å². The molecular weight excluding hydrogens is 337 g/mol. The fourth-order valence-corrected chi connectivity index (χ4v) is 3.21. The minimum atomic E-state index is -0.352. The molecular formula is C16H13ClFN3OS. The third kappa shape index (κ3) is 3.43. The molecule has 0 bridgehead atoms. The van der Waals surface area contributed by atoms with Gasteiger partial charge in [-0.25, -0.2) is 4.39 Å². The fraction of sp³-hybridized carbons (Fsp3) is 0.125. The lowest BCUT2D eigenvalue weighted by atomic mass is 10.2. The third-order valence-corrected chi connectivity index (χ3v) is 4.49. The van der Waals surface area contributed by atoms with Crippen molar-refractivity contribution < 1.29 is 9.18 Å². The monoisotopic (exact) mass is 349 g/mol. The number of benzene rings is 1. The van der Waals surface area contributed by atoms with Crippen LogP contribution in [-0.2, 0) is 6.54 Å². The predicted octanol–water partition coefficient (Wildman–Crippen LogP) is 4.68. The van der Waals surface area contributed by atoms with Crippen molar-refractivity contribution in [1.29, 1.82) is 0 Å². The zero-order valence-electron chi connectivity index (χ0n) is 12.2. The maximum absolute atomic E-state index is 12.9. The zero-order valence-corrected chi connectivity index (χ0v) is 13.8. The molecule has 2 aromatic heterocycles. The molecule has 1 amide bonds. The molecule has 0 atom stereocenters. The lowest BCUT2D eigenvalue weighted by molar-refractivity contribution is 0.102. The summed E-state index contributed by atoms with van der Waals surface area (Å²) in [7, 11) is 0. The Morgan fingerprint density at radius 1 is 1.30 bits per heavy atom. The molecule has 0 aliphatic rings. The van der Waals surface area contributed by atoms with Crippen LogP contribution in [0.2, 0.25) is 4.34 Å². The van der Waals surface area contributed by atoms with Crippen molar-refractivity contribution in [2.75, 3.05) is 5.32 Å². The fourth-order valence-electron chi connectivity index (χ4n) is 2.15. The number of hydrogen-bond donors (Lipinski definition) is 1. The van der Waals surface area contributed by atoms with Crippen molar-refractivity contribution in [3.8, 4) is 10.6 Å². The summed E-state index contributed by atoms with van der Waals surface area (Å²) in [5.74, 6) is -0.692. The van der Waals surface area contributed by atoms with E-state index in [1.165, 1.54) is 35.6 Å². The molecule has 0 saturated carbocycles. The molecule has 2 heterocycles. The summed E-state index contributed by atoms with van der Waals surface area (Å²) in [5, 5.41) is 7.02. The van der Waals surface area contributed by atoms with E-state index in [0.29, 0.717) is 22.3 Å². The maximum atomic E-state index is 12.9. The van der Waals surface area contributed by atoms with Crippen LogP contribution in [0.3, 0.4) is 0 Å². The van der Waals surface area contributed by atoms with Gasteiger partial charge in [0.05, 0.1) is 14.9 Å². The van der Waals surface area contributed by atoms with E-state index in [0.717, 1.165) is 10.6 Å². The second-order valence-corrected chi connectivity index (χ2v) is 6.51. The summed E-state index contributed by atoms with van der Waals surface area (Å²) in [6.07, 6.45) is 0. The lowest BCUT2D eigenvalue weighted by Gasteiger charge is -2.02. The Morgan fingerprint density at radius 3 is 2.65 bits per heavy atom. The number of hydrogen-bond acceptors (Lipinski definition) is 3. The maximum Gasteiger partial charge on any atom is 0.276 e. The molecule has 0 aliphatic carbocycles. The van der Waals surface area contributed by atoms with Crippen LogP contribution in [0.5, 0.6) is 0 Å². The Bertz CT molecular complexity index is 841. The van der Waals surface area contributed by atoms with Gasteiger partial charge in [-0.1, -0.05) is 11.6 Å². The molecule has 1 aromatic carbocycles. The first-order valence-electron chi connectivity index (χ1n) is 6.97. The number of nitrogens with zero attached hydrogens (tertiary/aromatic N) is 2. The van der Waals surface area contributed by atoms with Gasteiger partial charge in [0, 0.05) is 12.2 Å². The van der Waals surface area contributed by atoms with Crippen molar-refractivity contribution >= 4 is 34.5 Å². The molecule has 7 heteroatoms. The normalized spacial score (nSPS) is 10.7. The number of amides is 1. The second-order valence-electron chi connectivity index (χ2n) is 4.80. The summed E-state index contributed by atoms with van der Waals surface area (Å²) in [6.45, 7) is 2.59. The van der Waals surface area contributed by atoms with Gasteiger partial charge in [-0.2, -0.15) is 5.10 Å². The minimum absolute atomic E-state index is 0.302. The van der Waals surface area contributed by atoms with Crippen LogP contribution < -0.4 is 5.32 Å². The zero-order chi connectivity index (χ0) is 16.4. The van der Waals surface area contributed by atoms with Gasteiger partial charge in [0.15, 0.2) is 5.69 Å². The standard InChI is InChI=1S/C16H13ClFN3OS/c1-2-21-13(14-7-8-15(17)23-14)9-12(20-21)16(22)19-11-5-3-10(18)4-6-11/h3-9H,2H2,1H3,(H,19,22). The largest absolute Gasteiger partial charge is 0.321 e. The number of carbonyl (C=O) groups is 1. The van der Waals surface area contributed by atoms with Crippen LogP contribution in [0, 0.1) is 5.82 Å². The number of carbonyl (C=O) groups excluding carboxylic acids is 1. The molecule has 118 valence electrons. The molecule has 0 saturated heterocycles. The lowest BCUT2D eigenvalue weighted by Crippen LogP contribution is -2.13. The van der Waals surface area contributed by atoms with Crippen molar-refractivity contribution in [3.05, 3.63) is 58.3 Å². The number of thiophene rings is 1. The molecule has 0 spiro atoms. The van der Waals surface area contributed by atoms with E-state index in [2.05, 4.69) is 10.4 Å². The first kappa shape index (κ1) is 15.7. The molecule has 0 fully saturated rings. The topological polar surface area (TPSA) is 46.9 Å². The Morgan fingerprint density at radius 2 is 2.04 bits per heavy atom. The van der Waals surface area contributed by atoms with Gasteiger partial charge in [-0.05, 0) is 49.4 Å². The molecule has 1 N–H and O–H groups in total. The Labute approximate surface area is 141 Å². The molecule has 0 aliphatic heterocycles. The van der Waals surface area contributed by atoms with Crippen molar-refractivity contribution in [3.63, 3.8) is 0 Å². The van der Waals surface area contributed by atoms with Gasteiger partial charge in [0.25, 0.3) is 5.91 Å². The van der Waals surface area contributed by atoms with E-state index in [1.807, 2.05) is 19.1 Å². The van der Waals surface area contributed by atoms with Crippen molar-refractivity contribution in [1.82, 2.24) is 9.78 Å². The number of rotatable bonds is 4. The highest BCUT2D eigenvalue weighted by molar-refractivity contribution is 7.19. The highest BCUT2D eigenvalue weighted by Gasteiger charge is 2.16. The molecule has 4 nitrogen and oxygen atoms in total. The van der Waals surface area contributed by atoms with Gasteiger partial charge < -0.3 is 5.32 Å². The summed E-state index contributed by atoms with van der Waals surface area (Å²) < 4.78 is 15.3. The Hall–Kier alpha value is -2.18. The number of aromatic nitrogens is 2. The van der Waals surface area contributed by atoms with Crippen molar-refractivity contribution in [2.24, 2.45) is 0 Å². The van der Waals surface area contributed by atoms with E-state index in [4.69, 9.17) is 11.6 Å². The second kappa shape index (κ2) is 6.52. The van der Waals surface area contributed by atoms with E-state index in [9.17, 15) is 9.18 Å². The van der Waals surface area contributed by atoms with Crippen molar-refractivity contribution in [2.45, 2.75) is 13.5 Å². The third-order valence-electron chi connectivity index (χ3n) is 3.24. The van der Waals surface area contributed by atoms with Gasteiger partial charge >= 0.3 is 0 Å². The number of aryl methyl sites for hydroxylation is 1. The number of nitrogens with one attached hydrogen (secondary N) is 1. The van der Waals surface area contributed by atoms with E-state index >= 15 is 0 Å². The van der Waals surface area contributed by atoms with Crippen LogP contribution in [0.4, 0.5) is 10.1 Å². The van der Waals surface area contributed by atoms with Gasteiger partial charge in [-0.15, -0.1) is 11.3 Å². The quantitative estimate of drug-likeness (QED) is 0.743. The highest BCUT2D eigenvalue weighted by atomic mass is 35.5. The highest BCUT2D eigenvalue weighted by Crippen LogP contribution is 2.31. The average molecular weight is 350 g/mol. The van der Waals surface area contributed by atoms with E-state index < -0.39 is 0 Å². The van der Waals surface area contributed by atoms with E-state index in [1.54, 1.807) is 10.7 Å². The van der Waals surface area contributed by atoms with Gasteiger partial charge in [0.1, 0.15) is 5.82 Å². The van der Waals surface area contributed by atoms with Crippen LogP contribution in [0.15, 0.2) is 42.5 Å². The van der Waals surface area contributed by atoms with Crippen LogP contribution >= 0.6 is 22.9 Å². The van der Waals surface area contributed by atoms with Crippen LogP contribution in [0.25, 0.3) is 10.6 Å². The Kier molecular flexibility index (Phi) is 4.45. The Balaban J connectivity index is 1.86. The molecule has 0 radical (unpaired) electrons. The number of anilines is 1. The molecule has 23 heavy (non-hydrogen) atoms. The molecule has 3 rings (SSSR count). The summed E-state index contributed by atoms with van der Waals surface area (Å²) in [4.78, 5) is 13.3. The minimum Gasteiger partial charge on any atom is -0.321 e. The van der Waals surface area contributed by atoms with Gasteiger partial charge in [-0.3, -0.25) is 9.48 Å².